The molecular formula is C9H11B. The van der Waals surface area contributed by atoms with Crippen molar-refractivity contribution in [3.63, 3.8) is 0 Å². The molecule has 0 fully saturated rings. The quantitative estimate of drug-likeness (QED) is 0.465. The van der Waals surface area contributed by atoms with Gasteiger partial charge in [0.1, 0.15) is 7.85 Å². The Morgan fingerprint density at radius 2 is 1.40 bits per heavy atom. The average Bonchev–Trinajstić information content (AvgIpc) is 1.82. The second-order valence-corrected chi connectivity index (χ2v) is 2.81. The van der Waals surface area contributed by atoms with Crippen LogP contribution in [-0.2, 0) is 0 Å². The molecule has 0 heterocycles. The number of rotatable bonds is 0. The fourth-order valence-electron chi connectivity index (χ4n) is 1.19. The maximum Gasteiger partial charge on any atom is 0.114 e. The smallest absolute Gasteiger partial charge is 0.0909 e. The molecule has 0 aliphatic rings. The Labute approximate surface area is 63.7 Å². The topological polar surface area (TPSA) is 0 Å². The van der Waals surface area contributed by atoms with E-state index < -0.39 is 0 Å². The van der Waals surface area contributed by atoms with Gasteiger partial charge in [-0.15, -0.1) is 0 Å². The summed E-state index contributed by atoms with van der Waals surface area (Å²) in [4.78, 5) is 0. The highest BCUT2D eigenvalue weighted by atomic mass is 14.0. The highest BCUT2D eigenvalue weighted by Gasteiger charge is 1.95. The standard InChI is InChI=1S/C9H11B/c1-6-4-7(2)9(10)8(3)5-6/h4-5H,1-3H3. The second-order valence-electron chi connectivity index (χ2n) is 2.81. The van der Waals surface area contributed by atoms with Crippen molar-refractivity contribution in [3.05, 3.63) is 28.8 Å². The predicted molar refractivity (Wildman–Crippen MR) is 46.0 cm³/mol. The van der Waals surface area contributed by atoms with Gasteiger partial charge in [-0.1, -0.05) is 34.3 Å². The summed E-state index contributed by atoms with van der Waals surface area (Å²) < 4.78 is 0. The van der Waals surface area contributed by atoms with E-state index in [1.54, 1.807) is 0 Å². The van der Waals surface area contributed by atoms with Crippen LogP contribution >= 0.6 is 0 Å². The molecule has 0 aliphatic carbocycles. The van der Waals surface area contributed by atoms with Crippen LogP contribution in [0, 0.1) is 20.8 Å². The number of benzene rings is 1. The van der Waals surface area contributed by atoms with Gasteiger partial charge in [0.2, 0.25) is 0 Å². The first kappa shape index (κ1) is 7.39. The molecule has 1 heteroatoms. The molecule has 0 bridgehead atoms. The van der Waals surface area contributed by atoms with Crippen LogP contribution in [0.5, 0.6) is 0 Å². The molecule has 1 rings (SSSR count). The molecule has 2 radical (unpaired) electrons. The van der Waals surface area contributed by atoms with E-state index in [0.29, 0.717) is 0 Å². The second kappa shape index (κ2) is 2.49. The van der Waals surface area contributed by atoms with Crippen LogP contribution in [0.4, 0.5) is 0 Å². The van der Waals surface area contributed by atoms with Crippen LogP contribution in [0.25, 0.3) is 0 Å². The average molecular weight is 130 g/mol. The third-order valence-electron chi connectivity index (χ3n) is 1.74. The summed E-state index contributed by atoms with van der Waals surface area (Å²) in [6, 6.07) is 4.20. The van der Waals surface area contributed by atoms with Gasteiger partial charge >= 0.3 is 0 Å². The number of hydrogen-bond acceptors (Lipinski definition) is 0. The highest BCUT2D eigenvalue weighted by molar-refractivity contribution is 6.34. The molecule has 0 spiro atoms. The first-order chi connectivity index (χ1) is 4.61. The molecule has 10 heavy (non-hydrogen) atoms. The van der Waals surface area contributed by atoms with Crippen LogP contribution in [0.15, 0.2) is 12.1 Å². The first-order valence-corrected chi connectivity index (χ1v) is 3.44. The van der Waals surface area contributed by atoms with Crippen molar-refractivity contribution < 1.29 is 0 Å². The van der Waals surface area contributed by atoms with E-state index in [1.165, 1.54) is 16.7 Å². The van der Waals surface area contributed by atoms with E-state index in [4.69, 9.17) is 7.85 Å². The minimum atomic E-state index is 0.922. The lowest BCUT2D eigenvalue weighted by Gasteiger charge is -2.05. The number of hydrogen-bond donors (Lipinski definition) is 0. The molecule has 0 saturated carbocycles. The minimum Gasteiger partial charge on any atom is -0.0909 e. The van der Waals surface area contributed by atoms with Gasteiger partial charge in [-0.3, -0.25) is 0 Å². The van der Waals surface area contributed by atoms with Crippen molar-refractivity contribution in [1.82, 2.24) is 0 Å². The Morgan fingerprint density at radius 3 is 1.80 bits per heavy atom. The Bertz CT molecular complexity index is 228. The molecular weight excluding hydrogens is 119 g/mol. The maximum atomic E-state index is 5.75. The Hall–Kier alpha value is -0.715. The summed E-state index contributed by atoms with van der Waals surface area (Å²) >= 11 is 0. The zero-order valence-electron chi connectivity index (χ0n) is 6.73. The molecule has 0 amide bonds. The highest BCUT2D eigenvalue weighted by Crippen LogP contribution is 2.03. The molecule has 0 atom stereocenters. The van der Waals surface area contributed by atoms with E-state index >= 15 is 0 Å². The van der Waals surface area contributed by atoms with Crippen LogP contribution < -0.4 is 5.46 Å². The van der Waals surface area contributed by atoms with Gasteiger partial charge in [-0.25, -0.2) is 0 Å². The van der Waals surface area contributed by atoms with Crippen molar-refractivity contribution in [2.24, 2.45) is 0 Å². The zero-order chi connectivity index (χ0) is 7.72. The van der Waals surface area contributed by atoms with Crippen molar-refractivity contribution in [2.45, 2.75) is 20.8 Å². The van der Waals surface area contributed by atoms with Gasteiger partial charge in [-0.2, -0.15) is 0 Å². The fraction of sp³-hybridized carbons (Fsp3) is 0.333. The normalized spacial score (nSPS) is 9.90. The fourth-order valence-corrected chi connectivity index (χ4v) is 1.19. The molecule has 1 aromatic rings. The van der Waals surface area contributed by atoms with E-state index in [1.807, 2.05) is 13.8 Å². The molecule has 0 unspecified atom stereocenters. The van der Waals surface area contributed by atoms with Crippen LogP contribution in [0.2, 0.25) is 0 Å². The van der Waals surface area contributed by atoms with E-state index in [9.17, 15) is 0 Å². The Morgan fingerprint density at radius 1 is 1.00 bits per heavy atom. The summed E-state index contributed by atoms with van der Waals surface area (Å²) in [7, 11) is 5.75. The molecule has 0 nitrogen and oxygen atoms in total. The Kier molecular flexibility index (Phi) is 1.84. The van der Waals surface area contributed by atoms with Crippen molar-refractivity contribution in [1.29, 1.82) is 0 Å². The van der Waals surface area contributed by atoms with Gasteiger partial charge in [-0.05, 0) is 20.8 Å². The summed E-state index contributed by atoms with van der Waals surface area (Å²) in [6.07, 6.45) is 0. The molecule has 0 saturated heterocycles. The lowest BCUT2D eigenvalue weighted by molar-refractivity contribution is 1.35. The van der Waals surface area contributed by atoms with Crippen LogP contribution in [0.3, 0.4) is 0 Å². The SMILES string of the molecule is [B]c1c(C)cc(C)cc1C. The largest absolute Gasteiger partial charge is 0.114 e. The third kappa shape index (κ3) is 1.23. The lowest BCUT2D eigenvalue weighted by Crippen LogP contribution is -2.11. The van der Waals surface area contributed by atoms with E-state index in [2.05, 4.69) is 19.1 Å². The summed E-state index contributed by atoms with van der Waals surface area (Å²) in [5.41, 5.74) is 4.56. The van der Waals surface area contributed by atoms with Crippen LogP contribution in [0.1, 0.15) is 16.7 Å². The van der Waals surface area contributed by atoms with Gasteiger partial charge in [0.15, 0.2) is 0 Å². The van der Waals surface area contributed by atoms with Crippen molar-refractivity contribution in [3.8, 4) is 0 Å². The lowest BCUT2D eigenvalue weighted by atomic mass is 9.86. The zero-order valence-corrected chi connectivity index (χ0v) is 6.73. The molecule has 0 aliphatic heterocycles. The van der Waals surface area contributed by atoms with E-state index in [0.717, 1.165) is 5.46 Å². The number of aryl methyl sites for hydroxylation is 3. The van der Waals surface area contributed by atoms with Crippen molar-refractivity contribution >= 4 is 13.3 Å². The van der Waals surface area contributed by atoms with Gasteiger partial charge in [0, 0.05) is 0 Å². The predicted octanol–water partition coefficient (Wildman–Crippen LogP) is 1.41. The maximum absolute atomic E-state index is 5.75. The van der Waals surface area contributed by atoms with E-state index in [-0.39, 0.29) is 0 Å². The van der Waals surface area contributed by atoms with Crippen LogP contribution in [-0.4, -0.2) is 7.85 Å². The monoisotopic (exact) mass is 130 g/mol. The summed E-state index contributed by atoms with van der Waals surface area (Å²) in [5.74, 6) is 0. The minimum absolute atomic E-state index is 0.922. The molecule has 50 valence electrons. The first-order valence-electron chi connectivity index (χ1n) is 3.44. The van der Waals surface area contributed by atoms with Gasteiger partial charge in [0.05, 0.1) is 0 Å². The molecule has 0 N–H and O–H groups in total. The van der Waals surface area contributed by atoms with Crippen molar-refractivity contribution in [2.75, 3.05) is 0 Å². The molecule has 1 aromatic carbocycles. The van der Waals surface area contributed by atoms with Gasteiger partial charge < -0.3 is 0 Å². The summed E-state index contributed by atoms with van der Waals surface area (Å²) in [6.45, 7) is 6.16. The Balaban J connectivity index is 3.31. The van der Waals surface area contributed by atoms with Gasteiger partial charge in [0.25, 0.3) is 0 Å². The third-order valence-corrected chi connectivity index (χ3v) is 1.74. The summed E-state index contributed by atoms with van der Waals surface area (Å²) in [5, 5.41) is 0. The molecule has 0 aromatic heterocycles.